The SMILES string of the molecule is CCn1nc(C)c(C(=O)N2CC3CCC34OC4C2)c1C1=Cc2cc(OC)ccc2-c2c(C3CCCCC3)c3ccc(C(=O)NS(=O)(=O)C(C)C)cc3n2C1. The van der Waals surface area contributed by atoms with Gasteiger partial charge in [0.25, 0.3) is 11.8 Å². The fraction of sp³-hybridized carbons (Fsp3) is 0.500. The van der Waals surface area contributed by atoms with Gasteiger partial charge in [0.1, 0.15) is 17.5 Å². The van der Waals surface area contributed by atoms with E-state index >= 15 is 0 Å². The summed E-state index contributed by atoms with van der Waals surface area (Å²) in [5.41, 5.74) is 8.53. The summed E-state index contributed by atoms with van der Waals surface area (Å²) in [5, 5.41) is 5.26. The van der Waals surface area contributed by atoms with E-state index < -0.39 is 21.2 Å². The number of ether oxygens (including phenoxy) is 2. The van der Waals surface area contributed by atoms with Gasteiger partial charge >= 0.3 is 0 Å². The van der Waals surface area contributed by atoms with Crippen molar-refractivity contribution in [3.05, 3.63) is 70.0 Å². The van der Waals surface area contributed by atoms with E-state index in [1.807, 2.05) is 41.6 Å². The third-order valence-electron chi connectivity index (χ3n) is 12.9. The molecule has 11 nitrogen and oxygen atoms in total. The zero-order valence-corrected chi connectivity index (χ0v) is 32.6. The molecule has 4 fully saturated rings. The Morgan fingerprint density at radius 1 is 1.06 bits per heavy atom. The number of aryl methyl sites for hydroxylation is 2. The number of fused-ring (bicyclic) bond motifs is 5. The minimum atomic E-state index is -3.84. The van der Waals surface area contributed by atoms with Gasteiger partial charge in [-0.2, -0.15) is 5.10 Å². The van der Waals surface area contributed by atoms with Crippen LogP contribution < -0.4 is 9.46 Å². The van der Waals surface area contributed by atoms with Crippen molar-refractivity contribution in [1.82, 2.24) is 24.0 Å². The number of rotatable bonds is 8. The van der Waals surface area contributed by atoms with E-state index in [1.165, 1.54) is 12.0 Å². The molecule has 1 N–H and O–H groups in total. The summed E-state index contributed by atoms with van der Waals surface area (Å²) in [6.07, 6.45) is 10.1. The molecule has 3 aliphatic heterocycles. The summed E-state index contributed by atoms with van der Waals surface area (Å²) in [6.45, 7) is 9.35. The lowest BCUT2D eigenvalue weighted by Crippen LogP contribution is -2.53. The standard InChI is InChI=1S/C42H49N5O6S/c1-6-47-38(36(25(4)43-47)41(49)45-22-30-16-17-42(30)35(23-45)53-42)29-18-28-19-31(52-5)13-15-32(28)39-37(26-10-8-7-9-11-26)33-14-12-27(20-34(33)46(39)21-29)40(48)44-54(50,51)24(2)3/h12-15,18-20,24,26,30,35H,6-11,16-17,21-23H2,1-5H3,(H,44,48). The topological polar surface area (TPSA) is 128 Å². The van der Waals surface area contributed by atoms with Gasteiger partial charge in [0.05, 0.1) is 48.1 Å². The molecule has 5 aliphatic rings. The van der Waals surface area contributed by atoms with Gasteiger partial charge in [-0.15, -0.1) is 0 Å². The Kier molecular flexibility index (Phi) is 8.39. The molecule has 5 heterocycles. The molecule has 2 saturated carbocycles. The highest BCUT2D eigenvalue weighted by Gasteiger charge is 2.69. The second-order valence-corrected chi connectivity index (χ2v) is 18.4. The van der Waals surface area contributed by atoms with Crippen molar-refractivity contribution in [2.75, 3.05) is 20.2 Å². The number of allylic oxidation sites excluding steroid dienone is 1. The minimum absolute atomic E-state index is 0.00544. The van der Waals surface area contributed by atoms with Crippen LogP contribution in [0.4, 0.5) is 0 Å². The molecule has 4 aromatic rings. The van der Waals surface area contributed by atoms with Crippen LogP contribution in [0, 0.1) is 12.8 Å². The van der Waals surface area contributed by atoms with E-state index in [1.54, 1.807) is 27.0 Å². The monoisotopic (exact) mass is 751 g/mol. The van der Waals surface area contributed by atoms with E-state index in [-0.39, 0.29) is 23.2 Å². The Labute approximate surface area is 316 Å². The van der Waals surface area contributed by atoms with Crippen LogP contribution in [0.1, 0.15) is 115 Å². The number of methoxy groups -OCH3 is 1. The van der Waals surface area contributed by atoms with Crippen LogP contribution in [0.25, 0.3) is 33.8 Å². The number of likely N-dealkylation sites (tertiary alicyclic amines) is 1. The molecule has 2 saturated heterocycles. The average molecular weight is 752 g/mol. The Balaban J connectivity index is 1.23. The zero-order valence-electron chi connectivity index (χ0n) is 31.8. The molecular weight excluding hydrogens is 703 g/mol. The summed E-state index contributed by atoms with van der Waals surface area (Å²) in [7, 11) is -2.17. The highest BCUT2D eigenvalue weighted by Crippen LogP contribution is 2.59. The van der Waals surface area contributed by atoms with E-state index in [0.29, 0.717) is 49.3 Å². The Hall–Kier alpha value is -4.42. The maximum atomic E-state index is 14.7. The van der Waals surface area contributed by atoms with Crippen molar-refractivity contribution in [3.8, 4) is 17.0 Å². The number of aromatic nitrogens is 3. The maximum absolute atomic E-state index is 14.7. The van der Waals surface area contributed by atoms with E-state index in [2.05, 4.69) is 27.5 Å². The van der Waals surface area contributed by atoms with Crippen LogP contribution in [0.5, 0.6) is 5.75 Å². The Morgan fingerprint density at radius 3 is 2.54 bits per heavy atom. The Morgan fingerprint density at radius 2 is 1.85 bits per heavy atom. The smallest absolute Gasteiger partial charge is 0.264 e. The van der Waals surface area contributed by atoms with E-state index in [9.17, 15) is 18.0 Å². The van der Waals surface area contributed by atoms with Crippen LogP contribution in [-0.4, -0.2) is 76.6 Å². The van der Waals surface area contributed by atoms with Crippen molar-refractivity contribution in [1.29, 1.82) is 0 Å². The molecule has 2 amide bonds. The van der Waals surface area contributed by atoms with Crippen LogP contribution in [0.2, 0.25) is 0 Å². The number of epoxide rings is 1. The van der Waals surface area contributed by atoms with E-state index in [4.69, 9.17) is 14.6 Å². The van der Waals surface area contributed by atoms with Crippen molar-refractivity contribution in [3.63, 3.8) is 0 Å². The fourth-order valence-corrected chi connectivity index (χ4v) is 10.4. The fourth-order valence-electron chi connectivity index (χ4n) is 9.77. The molecule has 2 aromatic heterocycles. The first kappa shape index (κ1) is 35.3. The largest absolute Gasteiger partial charge is 0.497 e. The van der Waals surface area contributed by atoms with Crippen molar-refractivity contribution >= 4 is 44.4 Å². The quantitative estimate of drug-likeness (QED) is 0.194. The van der Waals surface area contributed by atoms with Gasteiger partial charge in [-0.1, -0.05) is 25.3 Å². The van der Waals surface area contributed by atoms with Crippen LogP contribution in [0.15, 0.2) is 36.4 Å². The molecule has 1 spiro atoms. The summed E-state index contributed by atoms with van der Waals surface area (Å²) in [4.78, 5) is 30.2. The number of piperidine rings is 1. The molecule has 3 unspecified atom stereocenters. The maximum Gasteiger partial charge on any atom is 0.264 e. The number of hydrogen-bond acceptors (Lipinski definition) is 7. The van der Waals surface area contributed by atoms with Crippen molar-refractivity contribution < 1.29 is 27.5 Å². The van der Waals surface area contributed by atoms with Gasteiger partial charge in [-0.25, -0.2) is 13.1 Å². The first-order valence-corrected chi connectivity index (χ1v) is 21.1. The molecule has 284 valence electrons. The molecule has 0 radical (unpaired) electrons. The van der Waals surface area contributed by atoms with Gasteiger partial charge in [0.15, 0.2) is 0 Å². The zero-order chi connectivity index (χ0) is 37.7. The highest BCUT2D eigenvalue weighted by molar-refractivity contribution is 7.90. The lowest BCUT2D eigenvalue weighted by molar-refractivity contribution is 0.0468. The summed E-state index contributed by atoms with van der Waals surface area (Å²) >= 11 is 0. The predicted molar refractivity (Wildman–Crippen MR) is 208 cm³/mol. The van der Waals surface area contributed by atoms with Gasteiger partial charge in [0, 0.05) is 41.0 Å². The van der Waals surface area contributed by atoms with Crippen molar-refractivity contribution in [2.24, 2.45) is 5.92 Å². The first-order valence-electron chi connectivity index (χ1n) is 19.6. The van der Waals surface area contributed by atoms with Crippen LogP contribution >= 0.6 is 0 Å². The molecule has 12 heteroatoms. The Bertz CT molecular complexity index is 2370. The lowest BCUT2D eigenvalue weighted by atomic mass is 9.69. The number of nitrogens with zero attached hydrogens (tertiary/aromatic N) is 4. The van der Waals surface area contributed by atoms with Crippen LogP contribution in [-0.2, 0) is 27.8 Å². The molecule has 3 atom stereocenters. The first-order chi connectivity index (χ1) is 25.9. The van der Waals surface area contributed by atoms with Gasteiger partial charge in [-0.05, 0) is 112 Å². The number of hydrogen-bond donors (Lipinski definition) is 1. The normalized spacial score (nSPS) is 23.4. The predicted octanol–water partition coefficient (Wildman–Crippen LogP) is 6.92. The number of nitrogens with one attached hydrogen (secondary N) is 1. The third-order valence-corrected chi connectivity index (χ3v) is 14.6. The second-order valence-electron chi connectivity index (χ2n) is 16.2. The second kappa shape index (κ2) is 12.8. The number of sulfonamides is 1. The van der Waals surface area contributed by atoms with Gasteiger partial charge < -0.3 is 18.9 Å². The molecule has 0 bridgehead atoms. The minimum Gasteiger partial charge on any atom is -0.497 e. The average Bonchev–Trinajstić information content (AvgIpc) is 3.77. The van der Waals surface area contributed by atoms with E-state index in [0.717, 1.165) is 83.3 Å². The number of benzene rings is 2. The summed E-state index contributed by atoms with van der Waals surface area (Å²) < 4.78 is 44.0. The summed E-state index contributed by atoms with van der Waals surface area (Å²) in [6, 6.07) is 11.8. The highest BCUT2D eigenvalue weighted by atomic mass is 32.2. The molecule has 2 aromatic carbocycles. The number of amides is 2. The number of carbonyl (C=O) groups is 2. The van der Waals surface area contributed by atoms with Crippen LogP contribution in [0.3, 0.4) is 0 Å². The lowest BCUT2D eigenvalue weighted by Gasteiger charge is -2.42. The van der Waals surface area contributed by atoms with Gasteiger partial charge in [-0.3, -0.25) is 14.3 Å². The molecule has 2 aliphatic carbocycles. The third kappa shape index (κ3) is 5.45. The molecular formula is C42H49N5O6S. The molecule has 54 heavy (non-hydrogen) atoms. The molecule has 9 rings (SSSR count). The van der Waals surface area contributed by atoms with Gasteiger partial charge in [0.2, 0.25) is 10.0 Å². The van der Waals surface area contributed by atoms with Crippen molar-refractivity contribution in [2.45, 2.75) is 109 Å². The number of carbonyl (C=O) groups excluding carboxylic acids is 2. The summed E-state index contributed by atoms with van der Waals surface area (Å²) in [5.74, 6) is 0.768.